The molecule has 10 heteroatoms. The van der Waals surface area contributed by atoms with Crippen LogP contribution in [0.25, 0.3) is 43.2 Å². The smallest absolute Gasteiger partial charge is 0.308 e. The summed E-state index contributed by atoms with van der Waals surface area (Å²) in [5.41, 5.74) is 2.65. The first-order valence-corrected chi connectivity index (χ1v) is 13.6. The van der Waals surface area contributed by atoms with E-state index in [4.69, 9.17) is 21.6 Å². The average molecular weight is 531 g/mol. The predicted octanol–water partition coefficient (Wildman–Crippen LogP) is 6.25. The first-order chi connectivity index (χ1) is 18.0. The number of carboxylic acids is 1. The molecule has 186 valence electrons. The van der Waals surface area contributed by atoms with Crippen molar-refractivity contribution in [2.75, 3.05) is 5.32 Å². The molecule has 8 nitrogen and oxygen atoms in total. The van der Waals surface area contributed by atoms with E-state index in [9.17, 15) is 9.90 Å². The Balaban J connectivity index is 1.36. The number of hydrogen-bond donors (Lipinski definition) is 3. The number of aliphatic carboxylic acids is 1. The standard InChI is InChI=1S/C27H23ClN6O2S/c28-20-12-30-26-24(32-20)16(11-29-26)25-31-17(19-9-15-3-1-2-4-18(15)37-19)10-21(34-25)33-23-14-7-5-13(6-8-14)22(23)27(35)36/h1-4,9-14,22-23H,5-8H2,(H,29,30)(H,35,36)(H,31,33,34)/t13?,14?,22-,23?/m0/s1. The first kappa shape index (κ1) is 22.6. The lowest BCUT2D eigenvalue weighted by molar-refractivity contribution is -0.148. The third-order valence-electron chi connectivity index (χ3n) is 7.82. The lowest BCUT2D eigenvalue weighted by Gasteiger charge is -2.47. The number of hydrogen-bond acceptors (Lipinski definition) is 7. The Hall–Kier alpha value is -3.56. The Bertz CT molecular complexity index is 1620. The van der Waals surface area contributed by atoms with Crippen LogP contribution in [0.1, 0.15) is 25.7 Å². The molecular formula is C27H23ClN6O2S. The number of anilines is 1. The highest BCUT2D eigenvalue weighted by molar-refractivity contribution is 7.22. The van der Waals surface area contributed by atoms with Gasteiger partial charge in [0.05, 0.1) is 28.2 Å². The van der Waals surface area contributed by atoms with Crippen LogP contribution in [0.3, 0.4) is 0 Å². The monoisotopic (exact) mass is 530 g/mol. The quantitative estimate of drug-likeness (QED) is 0.246. The van der Waals surface area contributed by atoms with E-state index in [0.717, 1.165) is 41.6 Å². The fourth-order valence-electron chi connectivity index (χ4n) is 6.10. The van der Waals surface area contributed by atoms with Gasteiger partial charge in [-0.25, -0.2) is 19.9 Å². The minimum absolute atomic E-state index is 0.166. The second kappa shape index (κ2) is 8.78. The number of nitrogens with one attached hydrogen (secondary N) is 2. The van der Waals surface area contributed by atoms with Crippen LogP contribution >= 0.6 is 22.9 Å². The third kappa shape index (κ3) is 3.93. The molecule has 0 amide bonds. The molecule has 8 rings (SSSR count). The van der Waals surface area contributed by atoms with E-state index in [2.05, 4.69) is 38.5 Å². The van der Waals surface area contributed by atoms with Crippen LogP contribution in [-0.2, 0) is 4.79 Å². The molecule has 1 aromatic carbocycles. The van der Waals surface area contributed by atoms with Gasteiger partial charge in [0.25, 0.3) is 0 Å². The number of benzene rings is 1. The zero-order valence-corrected chi connectivity index (χ0v) is 21.3. The number of carboxylic acid groups (broad SMARTS) is 1. The van der Waals surface area contributed by atoms with Crippen LogP contribution in [0.5, 0.6) is 0 Å². The minimum atomic E-state index is -0.729. The van der Waals surface area contributed by atoms with Crippen LogP contribution in [0.15, 0.2) is 48.8 Å². The van der Waals surface area contributed by atoms with Crippen molar-refractivity contribution in [1.29, 1.82) is 0 Å². The predicted molar refractivity (Wildman–Crippen MR) is 145 cm³/mol. The second-order valence-corrected chi connectivity index (χ2v) is 11.4. The van der Waals surface area contributed by atoms with Crippen molar-refractivity contribution in [2.45, 2.75) is 31.7 Å². The first-order valence-electron chi connectivity index (χ1n) is 12.4. The van der Waals surface area contributed by atoms with Gasteiger partial charge in [0.1, 0.15) is 16.5 Å². The second-order valence-electron chi connectivity index (χ2n) is 9.91. The molecule has 0 aliphatic heterocycles. The highest BCUT2D eigenvalue weighted by atomic mass is 35.5. The lowest BCUT2D eigenvalue weighted by Crippen LogP contribution is -2.51. The minimum Gasteiger partial charge on any atom is -0.481 e. The van der Waals surface area contributed by atoms with E-state index >= 15 is 0 Å². The Morgan fingerprint density at radius 2 is 1.89 bits per heavy atom. The number of thiophene rings is 1. The molecule has 37 heavy (non-hydrogen) atoms. The number of halogens is 1. The maximum atomic E-state index is 12.3. The summed E-state index contributed by atoms with van der Waals surface area (Å²) in [5.74, 6) is 0.465. The molecule has 0 saturated heterocycles. The molecule has 3 fully saturated rings. The lowest BCUT2D eigenvalue weighted by atomic mass is 9.61. The normalized spacial score (nSPS) is 23.1. The van der Waals surface area contributed by atoms with Crippen LogP contribution in [0, 0.1) is 17.8 Å². The van der Waals surface area contributed by atoms with Crippen molar-refractivity contribution in [3.8, 4) is 22.0 Å². The summed E-state index contributed by atoms with van der Waals surface area (Å²) in [6, 6.07) is 12.1. The summed E-state index contributed by atoms with van der Waals surface area (Å²) >= 11 is 7.82. The number of fused-ring (bicyclic) bond motifs is 5. The summed E-state index contributed by atoms with van der Waals surface area (Å²) in [4.78, 5) is 35.0. The number of nitrogens with zero attached hydrogens (tertiary/aromatic N) is 4. The molecular weight excluding hydrogens is 508 g/mol. The Morgan fingerprint density at radius 3 is 2.70 bits per heavy atom. The van der Waals surface area contributed by atoms with Crippen LogP contribution in [0.2, 0.25) is 5.15 Å². The van der Waals surface area contributed by atoms with Crippen molar-refractivity contribution in [1.82, 2.24) is 24.9 Å². The van der Waals surface area contributed by atoms with Gasteiger partial charge in [-0.3, -0.25) is 4.79 Å². The topological polar surface area (TPSA) is 117 Å². The van der Waals surface area contributed by atoms with Crippen molar-refractivity contribution in [3.05, 3.63) is 53.9 Å². The van der Waals surface area contributed by atoms with Crippen molar-refractivity contribution in [3.63, 3.8) is 0 Å². The summed E-state index contributed by atoms with van der Waals surface area (Å²) < 4.78 is 1.17. The molecule has 3 aliphatic rings. The maximum absolute atomic E-state index is 12.3. The van der Waals surface area contributed by atoms with Crippen LogP contribution in [-0.4, -0.2) is 42.0 Å². The Morgan fingerprint density at radius 1 is 1.08 bits per heavy atom. The van der Waals surface area contributed by atoms with E-state index in [1.54, 1.807) is 17.5 Å². The van der Waals surface area contributed by atoms with E-state index in [0.29, 0.717) is 34.3 Å². The van der Waals surface area contributed by atoms with Crippen LogP contribution < -0.4 is 5.32 Å². The van der Waals surface area contributed by atoms with Gasteiger partial charge in [0, 0.05) is 23.0 Å². The van der Waals surface area contributed by atoms with Gasteiger partial charge in [-0.15, -0.1) is 11.3 Å². The van der Waals surface area contributed by atoms with Crippen molar-refractivity contribution < 1.29 is 9.90 Å². The van der Waals surface area contributed by atoms with E-state index in [1.807, 2.05) is 18.2 Å². The molecule has 1 unspecified atom stereocenters. The zero-order valence-electron chi connectivity index (χ0n) is 19.7. The molecule has 0 spiro atoms. The van der Waals surface area contributed by atoms with Gasteiger partial charge in [0.2, 0.25) is 0 Å². The van der Waals surface area contributed by atoms with Crippen molar-refractivity contribution >= 4 is 56.0 Å². The van der Waals surface area contributed by atoms with Gasteiger partial charge in [0.15, 0.2) is 11.5 Å². The molecule has 3 aliphatic carbocycles. The molecule has 2 atom stereocenters. The van der Waals surface area contributed by atoms with Gasteiger partial charge >= 0.3 is 5.97 Å². The number of aromatic nitrogens is 5. The molecule has 2 bridgehead atoms. The fourth-order valence-corrected chi connectivity index (χ4v) is 7.26. The Kier molecular flexibility index (Phi) is 5.37. The van der Waals surface area contributed by atoms with Crippen molar-refractivity contribution in [2.24, 2.45) is 17.8 Å². The number of aromatic amines is 1. The van der Waals surface area contributed by atoms with E-state index < -0.39 is 11.9 Å². The SMILES string of the molecule is O=C(O)[C@H]1C2CCC(CC2)C1Nc1cc(-c2cc3ccccc3s2)nc(-c2c[nH]c3ncc(Cl)nc23)n1. The summed E-state index contributed by atoms with van der Waals surface area (Å²) in [7, 11) is 0. The van der Waals surface area contributed by atoms with E-state index in [-0.39, 0.29) is 17.1 Å². The summed E-state index contributed by atoms with van der Waals surface area (Å²) in [6.45, 7) is 0. The van der Waals surface area contributed by atoms with E-state index in [1.165, 1.54) is 10.9 Å². The number of carbonyl (C=O) groups is 1. The summed E-state index contributed by atoms with van der Waals surface area (Å²) in [5, 5.41) is 15.1. The molecule has 4 heterocycles. The number of rotatable bonds is 5. The summed E-state index contributed by atoms with van der Waals surface area (Å²) in [6.07, 6.45) is 7.34. The van der Waals surface area contributed by atoms with Gasteiger partial charge in [-0.2, -0.15) is 0 Å². The average Bonchev–Trinajstić information content (AvgIpc) is 3.53. The van der Waals surface area contributed by atoms with Crippen LogP contribution in [0.4, 0.5) is 5.82 Å². The molecule has 3 saturated carbocycles. The third-order valence-corrected chi connectivity index (χ3v) is 9.14. The fraction of sp³-hybridized carbons (Fsp3) is 0.296. The maximum Gasteiger partial charge on any atom is 0.308 e. The Labute approximate surface area is 221 Å². The largest absolute Gasteiger partial charge is 0.481 e. The highest BCUT2D eigenvalue weighted by Gasteiger charge is 2.47. The molecule has 5 aromatic rings. The van der Waals surface area contributed by atoms with Gasteiger partial charge in [-0.05, 0) is 55.0 Å². The number of H-pyrrole nitrogens is 1. The zero-order chi connectivity index (χ0) is 25.1. The molecule has 0 radical (unpaired) electrons. The van der Waals surface area contributed by atoms with Gasteiger partial charge in [-0.1, -0.05) is 29.8 Å². The molecule has 3 N–H and O–H groups in total. The highest BCUT2D eigenvalue weighted by Crippen LogP contribution is 2.46. The van der Waals surface area contributed by atoms with Gasteiger partial charge < -0.3 is 15.4 Å². The molecule has 4 aromatic heterocycles.